The van der Waals surface area contributed by atoms with Crippen molar-refractivity contribution in [1.29, 1.82) is 0 Å². The van der Waals surface area contributed by atoms with Gasteiger partial charge in [-0.2, -0.15) is 0 Å². The molecule has 1 aromatic rings. The van der Waals surface area contributed by atoms with Gasteiger partial charge in [0.15, 0.2) is 5.96 Å². The molecule has 0 saturated carbocycles. The number of thiophene rings is 1. The van der Waals surface area contributed by atoms with Crippen LogP contribution in [0.5, 0.6) is 0 Å². The molecule has 0 radical (unpaired) electrons. The van der Waals surface area contributed by atoms with E-state index in [-0.39, 0.29) is 30.1 Å². The van der Waals surface area contributed by atoms with Crippen LogP contribution in [0.4, 0.5) is 0 Å². The normalized spacial score (nSPS) is 19.2. The fourth-order valence-corrected chi connectivity index (χ4v) is 4.03. The van der Waals surface area contributed by atoms with Crippen LogP contribution >= 0.6 is 51.2 Å². The molecule has 0 amide bonds. The second kappa shape index (κ2) is 11.7. The van der Waals surface area contributed by atoms with Crippen molar-refractivity contribution in [1.82, 2.24) is 15.5 Å². The summed E-state index contributed by atoms with van der Waals surface area (Å²) in [7, 11) is 1.80. The minimum Gasteiger partial charge on any atom is -0.374 e. The molecule has 2 heterocycles. The zero-order valence-electron chi connectivity index (χ0n) is 14.5. The van der Waals surface area contributed by atoms with Crippen LogP contribution < -0.4 is 10.6 Å². The molecule has 5 nitrogen and oxygen atoms in total. The van der Waals surface area contributed by atoms with Crippen molar-refractivity contribution in [2.24, 2.45) is 10.9 Å². The van der Waals surface area contributed by atoms with Crippen molar-refractivity contribution in [2.75, 3.05) is 39.8 Å². The van der Waals surface area contributed by atoms with E-state index >= 15 is 0 Å². The lowest BCUT2D eigenvalue weighted by atomic mass is 10.2. The van der Waals surface area contributed by atoms with E-state index in [0.717, 1.165) is 49.8 Å². The number of hydrogen-bond donors (Lipinski definition) is 2. The maximum absolute atomic E-state index is 5.86. The molecule has 1 unspecified atom stereocenters. The van der Waals surface area contributed by atoms with Gasteiger partial charge in [-0.3, -0.25) is 9.89 Å². The smallest absolute Gasteiger partial charge is 0.191 e. The molecule has 2 N–H and O–H groups in total. The molecule has 138 valence electrons. The highest BCUT2D eigenvalue weighted by atomic mass is 127. The number of nitrogens with zero attached hydrogens (tertiary/aromatic N) is 2. The summed E-state index contributed by atoms with van der Waals surface area (Å²) in [6.45, 7) is 10.1. The summed E-state index contributed by atoms with van der Waals surface area (Å²) in [5, 5.41) is 8.80. The Bertz CT molecular complexity index is 512. The molecule has 8 heteroatoms. The fraction of sp³-hybridized carbons (Fsp3) is 0.688. The zero-order valence-corrected chi connectivity index (χ0v) is 19.3. The second-order valence-electron chi connectivity index (χ2n) is 6.18. The first-order valence-electron chi connectivity index (χ1n) is 8.08. The van der Waals surface area contributed by atoms with Crippen LogP contribution in [0.25, 0.3) is 0 Å². The van der Waals surface area contributed by atoms with Gasteiger partial charge in [0.2, 0.25) is 0 Å². The lowest BCUT2D eigenvalue weighted by Crippen LogP contribution is -2.50. The highest BCUT2D eigenvalue weighted by molar-refractivity contribution is 14.0. The van der Waals surface area contributed by atoms with Gasteiger partial charge >= 0.3 is 0 Å². The van der Waals surface area contributed by atoms with Crippen LogP contribution in [-0.2, 0) is 11.3 Å². The minimum absolute atomic E-state index is 0. The van der Waals surface area contributed by atoms with Crippen molar-refractivity contribution < 1.29 is 4.74 Å². The van der Waals surface area contributed by atoms with Gasteiger partial charge < -0.3 is 15.4 Å². The second-order valence-corrected chi connectivity index (χ2v) is 8.10. The van der Waals surface area contributed by atoms with E-state index in [0.29, 0.717) is 5.92 Å². The summed E-state index contributed by atoms with van der Waals surface area (Å²) in [6, 6.07) is 2.12. The first kappa shape index (κ1) is 22.1. The predicted molar refractivity (Wildman–Crippen MR) is 117 cm³/mol. The van der Waals surface area contributed by atoms with E-state index in [1.807, 2.05) is 0 Å². The maximum atomic E-state index is 5.86. The summed E-state index contributed by atoms with van der Waals surface area (Å²) >= 11 is 5.21. The third-order valence-corrected chi connectivity index (χ3v) is 5.32. The molecule has 1 aliphatic heterocycles. The Morgan fingerprint density at radius 1 is 1.50 bits per heavy atom. The molecule has 1 fully saturated rings. The first-order valence-corrected chi connectivity index (χ1v) is 9.75. The molecular weight excluding hydrogens is 503 g/mol. The number of morpholine rings is 1. The molecule has 1 atom stereocenters. The fourth-order valence-electron chi connectivity index (χ4n) is 2.63. The van der Waals surface area contributed by atoms with Crippen molar-refractivity contribution in [3.63, 3.8) is 0 Å². The molecule has 0 aliphatic carbocycles. The lowest BCUT2D eigenvalue weighted by molar-refractivity contribution is -0.0284. The van der Waals surface area contributed by atoms with E-state index in [1.165, 1.54) is 4.88 Å². The molecule has 1 aliphatic rings. The van der Waals surface area contributed by atoms with Gasteiger partial charge in [-0.1, -0.05) is 13.8 Å². The highest BCUT2D eigenvalue weighted by Gasteiger charge is 2.21. The van der Waals surface area contributed by atoms with E-state index in [4.69, 9.17) is 4.74 Å². The number of nitrogens with one attached hydrogen (secondary N) is 2. The van der Waals surface area contributed by atoms with Gasteiger partial charge in [0.25, 0.3) is 0 Å². The summed E-state index contributed by atoms with van der Waals surface area (Å²) < 4.78 is 6.99. The average molecular weight is 531 g/mol. The number of aliphatic imine (C=N–C) groups is 1. The van der Waals surface area contributed by atoms with Crippen LogP contribution in [-0.4, -0.2) is 56.8 Å². The Morgan fingerprint density at radius 2 is 2.29 bits per heavy atom. The van der Waals surface area contributed by atoms with E-state index in [2.05, 4.69) is 61.7 Å². The molecule has 0 aromatic carbocycles. The molecule has 24 heavy (non-hydrogen) atoms. The summed E-state index contributed by atoms with van der Waals surface area (Å²) in [5.74, 6) is 1.51. The highest BCUT2D eigenvalue weighted by Crippen LogP contribution is 2.19. The van der Waals surface area contributed by atoms with Gasteiger partial charge in [0.1, 0.15) is 0 Å². The van der Waals surface area contributed by atoms with Crippen LogP contribution in [0, 0.1) is 5.92 Å². The Balaban J connectivity index is 0.00000288. The molecule has 1 aromatic heterocycles. The molecular formula is C16H28BrIN4OS. The van der Waals surface area contributed by atoms with E-state index in [1.54, 1.807) is 18.4 Å². The molecule has 0 bridgehead atoms. The van der Waals surface area contributed by atoms with Crippen molar-refractivity contribution in [2.45, 2.75) is 26.5 Å². The third kappa shape index (κ3) is 7.99. The average Bonchev–Trinajstić information content (AvgIpc) is 2.93. The largest absolute Gasteiger partial charge is 0.374 e. The number of guanidine groups is 1. The third-order valence-electron chi connectivity index (χ3n) is 3.62. The Kier molecular flexibility index (Phi) is 10.8. The first-order chi connectivity index (χ1) is 11.1. The standard InChI is InChI=1S/C16H27BrN4OS.HI/c1-12(2)9-21-4-5-22-14(10-21)7-19-16(18-3)20-8-15-6-13(17)11-23-15;/h6,11-12,14H,4-5,7-10H2,1-3H3,(H2,18,19,20);1H. The van der Waals surface area contributed by atoms with E-state index < -0.39 is 0 Å². The Hall–Kier alpha value is 0.1000. The van der Waals surface area contributed by atoms with Crippen molar-refractivity contribution in [3.8, 4) is 0 Å². The van der Waals surface area contributed by atoms with Crippen LogP contribution in [0.3, 0.4) is 0 Å². The van der Waals surface area contributed by atoms with E-state index in [9.17, 15) is 0 Å². The quantitative estimate of drug-likeness (QED) is 0.337. The molecule has 1 saturated heterocycles. The summed E-state index contributed by atoms with van der Waals surface area (Å²) in [4.78, 5) is 8.04. The number of halogens is 2. The monoisotopic (exact) mass is 530 g/mol. The van der Waals surface area contributed by atoms with Gasteiger partial charge in [-0.15, -0.1) is 35.3 Å². The number of hydrogen-bond acceptors (Lipinski definition) is 4. The SMILES string of the molecule is CN=C(NCc1cc(Br)cs1)NCC1CN(CC(C)C)CCO1.I. The predicted octanol–water partition coefficient (Wildman–Crippen LogP) is 3.15. The topological polar surface area (TPSA) is 48.9 Å². The van der Waals surface area contributed by atoms with Gasteiger partial charge in [-0.05, 0) is 27.9 Å². The van der Waals surface area contributed by atoms with Crippen LogP contribution in [0.15, 0.2) is 20.9 Å². The summed E-state index contributed by atoms with van der Waals surface area (Å²) in [5.41, 5.74) is 0. The van der Waals surface area contributed by atoms with Crippen LogP contribution in [0.2, 0.25) is 0 Å². The van der Waals surface area contributed by atoms with Gasteiger partial charge in [-0.25, -0.2) is 0 Å². The Labute approximate surface area is 174 Å². The molecule has 2 rings (SSSR count). The van der Waals surface area contributed by atoms with Gasteiger partial charge in [0.05, 0.1) is 19.3 Å². The van der Waals surface area contributed by atoms with Crippen molar-refractivity contribution >= 4 is 57.2 Å². The summed E-state index contributed by atoms with van der Waals surface area (Å²) in [6.07, 6.45) is 0.219. The Morgan fingerprint density at radius 3 is 2.92 bits per heavy atom. The minimum atomic E-state index is 0. The lowest BCUT2D eigenvalue weighted by Gasteiger charge is -2.34. The van der Waals surface area contributed by atoms with Gasteiger partial charge in [0, 0.05) is 48.0 Å². The number of rotatable bonds is 6. The maximum Gasteiger partial charge on any atom is 0.191 e. The van der Waals surface area contributed by atoms with Crippen LogP contribution in [0.1, 0.15) is 18.7 Å². The van der Waals surface area contributed by atoms with Crippen molar-refractivity contribution in [3.05, 3.63) is 20.8 Å². The zero-order chi connectivity index (χ0) is 16.7. The number of ether oxygens (including phenoxy) is 1. The molecule has 0 spiro atoms.